The summed E-state index contributed by atoms with van der Waals surface area (Å²) in [7, 11) is 0. The van der Waals surface area contributed by atoms with Crippen LogP contribution in [0.4, 0.5) is 0 Å². The molecule has 0 aliphatic carbocycles. The Morgan fingerprint density at radius 2 is 1.23 bits per heavy atom. The van der Waals surface area contributed by atoms with Crippen LogP contribution in [0.5, 0.6) is 11.5 Å². The fourth-order valence-corrected chi connectivity index (χ4v) is 5.06. The zero-order valence-electron chi connectivity index (χ0n) is 29.2. The molecule has 3 rings (SSSR count). The molecule has 3 aromatic rings. The van der Waals surface area contributed by atoms with Gasteiger partial charge in [-0.15, -0.1) is 0 Å². The van der Waals surface area contributed by atoms with Crippen LogP contribution in [0.2, 0.25) is 0 Å². The largest absolute Gasteiger partial charge is 0.508 e. The van der Waals surface area contributed by atoms with Gasteiger partial charge in [0.2, 0.25) is 29.5 Å². The number of benzene rings is 3. The zero-order chi connectivity index (χ0) is 38.2. The van der Waals surface area contributed by atoms with Crippen molar-refractivity contribution in [2.45, 2.75) is 64.2 Å². The van der Waals surface area contributed by atoms with Gasteiger partial charge in [-0.1, -0.05) is 74.5 Å². The number of nitrogens with one attached hydrogen (secondary N) is 5. The summed E-state index contributed by atoms with van der Waals surface area (Å²) < 4.78 is 0. The second-order valence-electron chi connectivity index (χ2n) is 12.6. The number of phenols is 2. The molecule has 0 bridgehead atoms. The number of amides is 5. The molecule has 0 fully saturated rings. The number of aromatic hydroxyl groups is 2. The van der Waals surface area contributed by atoms with Crippen LogP contribution >= 0.6 is 0 Å². The van der Waals surface area contributed by atoms with E-state index in [1.165, 1.54) is 31.2 Å². The second-order valence-corrected chi connectivity index (χ2v) is 12.6. The topological polar surface area (TPSA) is 223 Å². The highest BCUT2D eigenvalue weighted by Crippen LogP contribution is 2.17. The number of carbonyl (C=O) groups excluding carboxylic acids is 5. The van der Waals surface area contributed by atoms with Gasteiger partial charge in [0.05, 0.1) is 6.54 Å². The summed E-state index contributed by atoms with van der Waals surface area (Å²) in [6, 6.07) is 16.5. The first-order chi connectivity index (χ1) is 24.7. The third-order valence-corrected chi connectivity index (χ3v) is 7.79. The zero-order valence-corrected chi connectivity index (χ0v) is 29.2. The maximum atomic E-state index is 13.3. The van der Waals surface area contributed by atoms with Gasteiger partial charge in [-0.2, -0.15) is 0 Å². The van der Waals surface area contributed by atoms with Crippen LogP contribution in [-0.2, 0) is 41.6 Å². The van der Waals surface area contributed by atoms with Crippen LogP contribution < -0.4 is 26.6 Å². The van der Waals surface area contributed by atoms with E-state index in [2.05, 4.69) is 26.6 Å². The monoisotopic (exact) mass is 715 g/mol. The Morgan fingerprint density at radius 3 is 1.85 bits per heavy atom. The number of hydrogen-bond acceptors (Lipinski definition) is 8. The predicted molar refractivity (Wildman–Crippen MR) is 193 cm³/mol. The number of aliphatic carboxylic acids is 1. The van der Waals surface area contributed by atoms with Crippen LogP contribution in [0.15, 0.2) is 84.9 Å². The average molecular weight is 716 g/mol. The van der Waals surface area contributed by atoms with E-state index in [0.29, 0.717) is 16.7 Å². The number of para-hydroxylation sites is 1. The molecule has 4 atom stereocenters. The molecule has 52 heavy (non-hydrogen) atoms. The molecule has 276 valence electrons. The molecule has 0 saturated heterocycles. The van der Waals surface area contributed by atoms with Crippen molar-refractivity contribution in [2.75, 3.05) is 6.54 Å². The van der Waals surface area contributed by atoms with Gasteiger partial charge in [-0.25, -0.2) is 4.79 Å². The summed E-state index contributed by atoms with van der Waals surface area (Å²) in [6.45, 7) is 4.47. The van der Waals surface area contributed by atoms with Gasteiger partial charge >= 0.3 is 5.97 Å². The number of rotatable bonds is 18. The van der Waals surface area contributed by atoms with Crippen molar-refractivity contribution < 1.29 is 44.1 Å². The van der Waals surface area contributed by atoms with E-state index in [9.17, 15) is 44.1 Å². The minimum Gasteiger partial charge on any atom is -0.508 e. The summed E-state index contributed by atoms with van der Waals surface area (Å²) in [5.74, 6) is -4.77. The van der Waals surface area contributed by atoms with Crippen LogP contribution in [0.25, 0.3) is 6.08 Å². The third-order valence-electron chi connectivity index (χ3n) is 7.79. The van der Waals surface area contributed by atoms with Crippen molar-refractivity contribution in [3.63, 3.8) is 0 Å². The fraction of sp³-hybridized carbons (Fsp3) is 0.316. The van der Waals surface area contributed by atoms with E-state index in [1.807, 2.05) is 13.8 Å². The highest BCUT2D eigenvalue weighted by atomic mass is 16.4. The van der Waals surface area contributed by atoms with E-state index in [4.69, 9.17) is 0 Å². The number of hydrogen-bond donors (Lipinski definition) is 8. The number of carbonyl (C=O) groups is 6. The molecule has 0 heterocycles. The highest BCUT2D eigenvalue weighted by molar-refractivity contribution is 5.97. The van der Waals surface area contributed by atoms with Gasteiger partial charge in [0.15, 0.2) is 0 Å². The maximum Gasteiger partial charge on any atom is 0.326 e. The van der Waals surface area contributed by atoms with Gasteiger partial charge < -0.3 is 41.9 Å². The first-order valence-electron chi connectivity index (χ1n) is 16.7. The Labute approximate surface area is 301 Å². The minimum absolute atomic E-state index is 0.00377. The Balaban J connectivity index is 1.64. The first kappa shape index (κ1) is 40.3. The minimum atomic E-state index is -1.20. The van der Waals surface area contributed by atoms with Gasteiger partial charge in [-0.3, -0.25) is 24.0 Å². The van der Waals surface area contributed by atoms with E-state index < -0.39 is 66.2 Å². The van der Waals surface area contributed by atoms with Crippen LogP contribution in [-0.4, -0.2) is 81.5 Å². The summed E-state index contributed by atoms with van der Waals surface area (Å²) in [5, 5.41) is 41.8. The first-order valence-corrected chi connectivity index (χ1v) is 16.7. The highest BCUT2D eigenvalue weighted by Gasteiger charge is 2.28. The van der Waals surface area contributed by atoms with Gasteiger partial charge in [0.1, 0.15) is 35.7 Å². The smallest absolute Gasteiger partial charge is 0.326 e. The van der Waals surface area contributed by atoms with Gasteiger partial charge in [-0.05, 0) is 54.7 Å². The standard InChI is InChI=1S/C38H45N5O9/c1-23(2)19-31(38(51)52)43-37(50)30(20-25-9-5-4-6-10-25)42-34(47)22-39-35(48)24(3)40-36(49)29(21-26-13-16-28(44)17-14-26)41-33(46)18-15-27-11-7-8-12-32(27)45/h4-18,23-24,29-31,44-45H,19-22H2,1-3H3,(H,39,48)(H,40,49)(H,41,46)(H,42,47)(H,43,50)(H,51,52)/b18-15+/t24-,29+,30+,31+/m1/s1. The number of carboxylic acid groups (broad SMARTS) is 1. The van der Waals surface area contributed by atoms with Crippen LogP contribution in [0, 0.1) is 5.92 Å². The molecule has 0 spiro atoms. The molecule has 0 saturated carbocycles. The Kier molecular flexibility index (Phi) is 15.4. The molecular formula is C38H45N5O9. The average Bonchev–Trinajstić information content (AvgIpc) is 3.10. The molecule has 3 aromatic carbocycles. The summed E-state index contributed by atoms with van der Waals surface area (Å²) in [4.78, 5) is 77.0. The Morgan fingerprint density at radius 1 is 0.654 bits per heavy atom. The maximum absolute atomic E-state index is 13.3. The Hall–Kier alpha value is -6.18. The van der Waals surface area contributed by atoms with E-state index in [1.54, 1.807) is 60.7 Å². The molecule has 0 aromatic heterocycles. The molecule has 0 radical (unpaired) electrons. The SMILES string of the molecule is CC(C)C[C@H](NC(=O)[C@H](Cc1ccccc1)NC(=O)CNC(=O)[C@@H](C)NC(=O)[C@H](Cc1ccc(O)cc1)NC(=O)/C=C/c1ccccc1O)C(=O)O. The third kappa shape index (κ3) is 13.6. The lowest BCUT2D eigenvalue weighted by atomic mass is 10.0. The molecule has 0 aliphatic heterocycles. The van der Waals surface area contributed by atoms with E-state index in [-0.39, 0.29) is 36.7 Å². The molecule has 14 heteroatoms. The van der Waals surface area contributed by atoms with Gasteiger partial charge in [0, 0.05) is 24.5 Å². The molecule has 14 nitrogen and oxygen atoms in total. The number of carboxylic acids is 1. The van der Waals surface area contributed by atoms with Crippen molar-refractivity contribution in [3.05, 3.63) is 102 Å². The number of phenolic OH excluding ortho intramolecular Hbond substituents is 2. The summed E-state index contributed by atoms with van der Waals surface area (Å²) in [6.07, 6.45) is 2.78. The molecule has 0 unspecified atom stereocenters. The van der Waals surface area contributed by atoms with Crippen LogP contribution in [0.3, 0.4) is 0 Å². The quantitative estimate of drug-likeness (QED) is 0.0899. The van der Waals surface area contributed by atoms with Crippen molar-refractivity contribution in [1.82, 2.24) is 26.6 Å². The normalized spacial score (nSPS) is 13.3. The molecule has 5 amide bonds. The van der Waals surface area contributed by atoms with Gasteiger partial charge in [0.25, 0.3) is 0 Å². The Bertz CT molecular complexity index is 1730. The molecular weight excluding hydrogens is 670 g/mol. The van der Waals surface area contributed by atoms with Crippen molar-refractivity contribution >= 4 is 41.6 Å². The lowest BCUT2D eigenvalue weighted by Gasteiger charge is -2.23. The summed E-state index contributed by atoms with van der Waals surface area (Å²) >= 11 is 0. The molecule has 0 aliphatic rings. The van der Waals surface area contributed by atoms with Crippen LogP contribution in [0.1, 0.15) is 43.9 Å². The predicted octanol–water partition coefficient (Wildman–Crippen LogP) is 1.80. The molecule has 8 N–H and O–H groups in total. The van der Waals surface area contributed by atoms with E-state index >= 15 is 0 Å². The van der Waals surface area contributed by atoms with E-state index in [0.717, 1.165) is 6.08 Å². The second kappa shape index (κ2) is 19.9. The summed E-state index contributed by atoms with van der Waals surface area (Å²) in [5.41, 5.74) is 1.69. The lowest BCUT2D eigenvalue weighted by Crippen LogP contribution is -2.56. The fourth-order valence-electron chi connectivity index (χ4n) is 5.06. The lowest BCUT2D eigenvalue weighted by molar-refractivity contribution is -0.142. The van der Waals surface area contributed by atoms with Crippen molar-refractivity contribution in [3.8, 4) is 11.5 Å². The van der Waals surface area contributed by atoms with Crippen molar-refractivity contribution in [1.29, 1.82) is 0 Å². The van der Waals surface area contributed by atoms with Crippen molar-refractivity contribution in [2.24, 2.45) is 5.92 Å².